The molecular formula is C27H32N6O2. The van der Waals surface area contributed by atoms with E-state index in [-0.39, 0.29) is 5.91 Å². The molecule has 0 saturated heterocycles. The van der Waals surface area contributed by atoms with E-state index in [1.54, 1.807) is 23.0 Å². The lowest BCUT2D eigenvalue weighted by Crippen LogP contribution is -2.18. The van der Waals surface area contributed by atoms with Gasteiger partial charge in [-0.15, -0.1) is 0 Å². The van der Waals surface area contributed by atoms with Crippen LogP contribution in [0.4, 0.5) is 5.95 Å². The lowest BCUT2D eigenvalue weighted by atomic mass is 10.0. The van der Waals surface area contributed by atoms with Crippen molar-refractivity contribution in [3.05, 3.63) is 53.3 Å². The average Bonchev–Trinajstić information content (AvgIpc) is 3.35. The molecule has 4 heterocycles. The maximum atomic E-state index is 13.4. The molecular weight excluding hydrogens is 440 g/mol. The molecule has 0 aliphatic carbocycles. The van der Waals surface area contributed by atoms with Crippen LogP contribution in [0.25, 0.3) is 22.3 Å². The third kappa shape index (κ3) is 4.52. The highest BCUT2D eigenvalue weighted by molar-refractivity contribution is 6.04. The number of rotatable bonds is 1. The zero-order chi connectivity index (χ0) is 24.7. The zero-order valence-electron chi connectivity index (χ0n) is 21.0. The van der Waals surface area contributed by atoms with Gasteiger partial charge in [-0.2, -0.15) is 5.10 Å². The van der Waals surface area contributed by atoms with Crippen molar-refractivity contribution in [1.29, 1.82) is 0 Å². The van der Waals surface area contributed by atoms with E-state index >= 15 is 0 Å². The first-order chi connectivity index (χ1) is 16.8. The molecule has 4 aromatic rings. The predicted octanol–water partition coefficient (Wildman–Crippen LogP) is 5.32. The van der Waals surface area contributed by atoms with E-state index in [0.717, 1.165) is 41.7 Å². The number of benzene rings is 1. The minimum Gasteiger partial charge on any atom is -0.477 e. The Morgan fingerprint density at radius 2 is 2.00 bits per heavy atom. The number of amides is 1. The van der Waals surface area contributed by atoms with Gasteiger partial charge >= 0.3 is 0 Å². The quantitative estimate of drug-likeness (QED) is 0.405. The van der Waals surface area contributed by atoms with Gasteiger partial charge in [0, 0.05) is 24.8 Å². The Bertz CT molecular complexity index is 1400. The molecule has 1 amide bonds. The fraction of sp³-hybridized carbons (Fsp3) is 0.407. The average molecular weight is 473 g/mol. The SMILES string of the molecule is Cc1cc2cc(n1)-c1cnn(C)c1OCCC[C@H](C)Cn1c(nc3ccc(C(C)C)cc31)NC2=O. The van der Waals surface area contributed by atoms with E-state index in [9.17, 15) is 4.79 Å². The number of imidazole rings is 1. The van der Waals surface area contributed by atoms with Crippen LogP contribution in [0.5, 0.6) is 5.88 Å². The predicted molar refractivity (Wildman–Crippen MR) is 137 cm³/mol. The van der Waals surface area contributed by atoms with Gasteiger partial charge < -0.3 is 9.30 Å². The summed E-state index contributed by atoms with van der Waals surface area (Å²) in [7, 11) is 1.86. The van der Waals surface area contributed by atoms with E-state index in [0.29, 0.717) is 41.5 Å². The normalized spacial score (nSPS) is 16.7. The number of nitrogens with one attached hydrogen (secondary N) is 1. The number of ether oxygens (including phenoxy) is 1. The fourth-order valence-electron chi connectivity index (χ4n) is 4.67. The Kier molecular flexibility index (Phi) is 6.05. The van der Waals surface area contributed by atoms with E-state index in [1.807, 2.05) is 20.0 Å². The van der Waals surface area contributed by atoms with E-state index < -0.39 is 0 Å². The van der Waals surface area contributed by atoms with Crippen molar-refractivity contribution in [3.63, 3.8) is 0 Å². The van der Waals surface area contributed by atoms with Crippen LogP contribution in [0, 0.1) is 12.8 Å². The number of anilines is 1. The van der Waals surface area contributed by atoms with Crippen LogP contribution in [0.15, 0.2) is 36.5 Å². The third-order valence-electron chi connectivity index (χ3n) is 6.61. The molecule has 0 radical (unpaired) electrons. The van der Waals surface area contributed by atoms with Crippen molar-refractivity contribution in [1.82, 2.24) is 24.3 Å². The maximum absolute atomic E-state index is 13.4. The van der Waals surface area contributed by atoms with Gasteiger partial charge in [-0.1, -0.05) is 26.8 Å². The number of carbonyl (C=O) groups excluding carboxylic acids is 1. The van der Waals surface area contributed by atoms with Gasteiger partial charge in [0.15, 0.2) is 0 Å². The number of hydrogen-bond donors (Lipinski definition) is 1. The summed E-state index contributed by atoms with van der Waals surface area (Å²) < 4.78 is 10.0. The maximum Gasteiger partial charge on any atom is 0.258 e. The monoisotopic (exact) mass is 472 g/mol. The standard InChI is InChI=1S/C27H32N6O2/c1-16(2)19-8-9-22-24(13-19)33-15-17(3)7-6-10-35-26-21(14-28-32(26)5)23-12-20(11-18(4)29-23)25(34)31-27(33)30-22/h8-9,11-14,16-17H,6-7,10,15H2,1-5H3,(H,30,31,34)/t17-/m0/s1. The summed E-state index contributed by atoms with van der Waals surface area (Å²) in [6, 6.07) is 9.95. The Morgan fingerprint density at radius 1 is 1.17 bits per heavy atom. The fourth-order valence-corrected chi connectivity index (χ4v) is 4.67. The van der Waals surface area contributed by atoms with Crippen molar-refractivity contribution in [2.75, 3.05) is 11.9 Å². The molecule has 1 aromatic carbocycles. The highest BCUT2D eigenvalue weighted by Crippen LogP contribution is 2.31. The summed E-state index contributed by atoms with van der Waals surface area (Å²) >= 11 is 0. The summed E-state index contributed by atoms with van der Waals surface area (Å²) in [4.78, 5) is 22.9. The number of aromatic nitrogens is 5. The van der Waals surface area contributed by atoms with Crippen molar-refractivity contribution in [2.24, 2.45) is 13.0 Å². The van der Waals surface area contributed by atoms with Gasteiger partial charge in [0.1, 0.15) is 0 Å². The van der Waals surface area contributed by atoms with Crippen LogP contribution in [-0.2, 0) is 13.6 Å². The number of fused-ring (bicyclic) bond motifs is 7. The molecule has 0 spiro atoms. The Hall–Kier alpha value is -3.68. The summed E-state index contributed by atoms with van der Waals surface area (Å²) in [5, 5.41) is 7.46. The first-order valence-electron chi connectivity index (χ1n) is 12.3. The topological polar surface area (TPSA) is 86.9 Å². The molecule has 0 fully saturated rings. The number of hydrogen-bond acceptors (Lipinski definition) is 5. The van der Waals surface area contributed by atoms with Gasteiger partial charge in [-0.25, -0.2) is 9.67 Å². The summed E-state index contributed by atoms with van der Waals surface area (Å²) in [5.41, 5.74) is 5.89. The minimum atomic E-state index is -0.216. The first kappa shape index (κ1) is 23.1. The second kappa shape index (κ2) is 9.17. The van der Waals surface area contributed by atoms with Crippen LogP contribution in [0.1, 0.15) is 61.1 Å². The molecule has 0 unspecified atom stereocenters. The Balaban J connectivity index is 1.62. The van der Waals surface area contributed by atoms with Gasteiger partial charge in [0.05, 0.1) is 35.1 Å². The lowest BCUT2D eigenvalue weighted by Gasteiger charge is -2.16. The number of nitrogens with zero attached hydrogens (tertiary/aromatic N) is 5. The van der Waals surface area contributed by atoms with Crippen molar-refractivity contribution < 1.29 is 9.53 Å². The molecule has 35 heavy (non-hydrogen) atoms. The molecule has 1 atom stereocenters. The van der Waals surface area contributed by atoms with Crippen LogP contribution < -0.4 is 10.1 Å². The second-order valence-electron chi connectivity index (χ2n) is 9.87. The summed E-state index contributed by atoms with van der Waals surface area (Å²) in [5.74, 6) is 1.80. The zero-order valence-corrected chi connectivity index (χ0v) is 21.0. The van der Waals surface area contributed by atoms with Crippen LogP contribution in [0.3, 0.4) is 0 Å². The van der Waals surface area contributed by atoms with E-state index in [1.165, 1.54) is 5.56 Å². The molecule has 2 bridgehead atoms. The van der Waals surface area contributed by atoms with Gasteiger partial charge in [-0.3, -0.25) is 15.1 Å². The molecule has 8 heteroatoms. The Morgan fingerprint density at radius 3 is 2.80 bits per heavy atom. The van der Waals surface area contributed by atoms with Crippen LogP contribution in [0.2, 0.25) is 0 Å². The molecule has 1 N–H and O–H groups in total. The van der Waals surface area contributed by atoms with Crippen molar-refractivity contribution in [3.8, 4) is 17.1 Å². The van der Waals surface area contributed by atoms with Crippen LogP contribution in [-0.4, -0.2) is 36.8 Å². The number of aryl methyl sites for hydroxylation is 2. The van der Waals surface area contributed by atoms with E-state index in [4.69, 9.17) is 9.72 Å². The molecule has 0 saturated carbocycles. The van der Waals surface area contributed by atoms with Gasteiger partial charge in [-0.05, 0) is 61.4 Å². The molecule has 8 nitrogen and oxygen atoms in total. The molecule has 5 rings (SSSR count). The summed E-state index contributed by atoms with van der Waals surface area (Å²) in [6.07, 6.45) is 3.63. The molecule has 1 aliphatic rings. The lowest BCUT2D eigenvalue weighted by molar-refractivity contribution is 0.102. The highest BCUT2D eigenvalue weighted by atomic mass is 16.5. The second-order valence-corrected chi connectivity index (χ2v) is 9.87. The first-order valence-corrected chi connectivity index (χ1v) is 12.3. The molecule has 3 aromatic heterocycles. The van der Waals surface area contributed by atoms with Gasteiger partial charge in [0.2, 0.25) is 11.8 Å². The number of carbonyl (C=O) groups is 1. The Labute approximate surface area is 205 Å². The molecule has 1 aliphatic heterocycles. The smallest absolute Gasteiger partial charge is 0.258 e. The third-order valence-corrected chi connectivity index (χ3v) is 6.61. The minimum absolute atomic E-state index is 0.216. The van der Waals surface area contributed by atoms with Gasteiger partial charge in [0.25, 0.3) is 5.91 Å². The largest absolute Gasteiger partial charge is 0.477 e. The summed E-state index contributed by atoms with van der Waals surface area (Å²) in [6.45, 7) is 9.83. The van der Waals surface area contributed by atoms with Crippen LogP contribution >= 0.6 is 0 Å². The van der Waals surface area contributed by atoms with Crippen molar-refractivity contribution in [2.45, 2.75) is 53.0 Å². The van der Waals surface area contributed by atoms with Crippen molar-refractivity contribution >= 4 is 22.9 Å². The highest BCUT2D eigenvalue weighted by Gasteiger charge is 2.21. The molecule has 182 valence electrons. The number of pyridine rings is 1. The van der Waals surface area contributed by atoms with E-state index in [2.05, 4.69) is 52.9 Å².